The summed E-state index contributed by atoms with van der Waals surface area (Å²) < 4.78 is 0.844. The molecule has 1 heterocycles. The first-order valence-electron chi connectivity index (χ1n) is 10.1. The number of hydrogen-bond acceptors (Lipinski definition) is 9. The molecule has 0 aromatic rings. The van der Waals surface area contributed by atoms with E-state index in [0.717, 1.165) is 11.0 Å². The Morgan fingerprint density at radius 2 is 1.76 bits per heavy atom. The van der Waals surface area contributed by atoms with Gasteiger partial charge in [-0.15, -0.1) is 0 Å². The summed E-state index contributed by atoms with van der Waals surface area (Å²) in [6.45, 7) is 1.12. The van der Waals surface area contributed by atoms with Crippen LogP contribution in [0.4, 0.5) is 0 Å². The quantitative estimate of drug-likeness (QED) is 0.0645. The van der Waals surface area contributed by atoms with Gasteiger partial charge in [0.25, 0.3) is 0 Å². The van der Waals surface area contributed by atoms with Crippen molar-refractivity contribution in [2.24, 2.45) is 22.2 Å². The molecule has 1 unspecified atom stereocenters. The van der Waals surface area contributed by atoms with E-state index in [0.29, 0.717) is 25.9 Å². The molecule has 33 heavy (non-hydrogen) atoms. The molecule has 0 saturated carbocycles. The lowest BCUT2D eigenvalue weighted by Gasteiger charge is -2.21. The van der Waals surface area contributed by atoms with Gasteiger partial charge in [-0.25, -0.2) is 0 Å². The van der Waals surface area contributed by atoms with E-state index in [4.69, 9.17) is 48.1 Å². The second-order valence-corrected chi connectivity index (χ2v) is 7.90. The van der Waals surface area contributed by atoms with E-state index >= 15 is 0 Å². The zero-order valence-electron chi connectivity index (χ0n) is 19.9. The summed E-state index contributed by atoms with van der Waals surface area (Å²) in [6.07, 6.45) is 0.00213. The number of nitrogens with one attached hydrogen (secondary N) is 2. The second kappa shape index (κ2) is 20.1. The Balaban J connectivity index is -0.000000378. The lowest BCUT2D eigenvalue weighted by atomic mass is 10.2. The third-order valence-corrected chi connectivity index (χ3v) is 3.50. The normalized spacial score (nSPS) is 13.5. The van der Waals surface area contributed by atoms with Crippen LogP contribution in [0.3, 0.4) is 0 Å². The summed E-state index contributed by atoms with van der Waals surface area (Å²) in [5, 5.41) is 50.1. The molecule has 0 bridgehead atoms. The Bertz CT molecular complexity index is 577. The number of aliphatic hydroxyl groups excluding tert-OH is 4. The lowest BCUT2D eigenvalue weighted by molar-refractivity contribution is -0.870. The van der Waals surface area contributed by atoms with Gasteiger partial charge in [0.15, 0.2) is 11.9 Å². The maximum Gasteiger partial charge on any atom is 0.320 e. The van der Waals surface area contributed by atoms with E-state index in [1.165, 1.54) is 0 Å². The van der Waals surface area contributed by atoms with Crippen LogP contribution in [0.15, 0.2) is 4.99 Å². The predicted molar refractivity (Wildman–Crippen MR) is 124 cm³/mol. The van der Waals surface area contributed by atoms with Crippen LogP contribution in [-0.2, 0) is 9.59 Å². The molecule has 1 saturated heterocycles. The van der Waals surface area contributed by atoms with Crippen molar-refractivity contribution in [3.8, 4) is 0 Å². The number of quaternary nitrogens is 1. The number of amides is 1. The molecule has 1 aliphatic rings. The first-order valence-corrected chi connectivity index (χ1v) is 10.1. The minimum absolute atomic E-state index is 0.0129. The molecule has 0 aromatic carbocycles. The molecule has 13 N–H and O–H groups in total. The summed E-state index contributed by atoms with van der Waals surface area (Å²) in [5.41, 5.74) is 15.3. The number of carbonyl (C=O) groups excluding carboxylic acids is 1. The van der Waals surface area contributed by atoms with Gasteiger partial charge in [-0.3, -0.25) is 25.3 Å². The van der Waals surface area contributed by atoms with Crippen molar-refractivity contribution in [2.75, 3.05) is 67.6 Å². The van der Waals surface area contributed by atoms with Gasteiger partial charge in [-0.2, -0.15) is 0 Å². The lowest BCUT2D eigenvalue weighted by Crippen LogP contribution is -2.36. The van der Waals surface area contributed by atoms with Gasteiger partial charge in [-0.1, -0.05) is 0 Å². The highest BCUT2D eigenvalue weighted by Gasteiger charge is 2.18. The van der Waals surface area contributed by atoms with Crippen LogP contribution in [0.1, 0.15) is 12.8 Å². The average Bonchev–Trinajstić information content (AvgIpc) is 2.99. The summed E-state index contributed by atoms with van der Waals surface area (Å²) in [6, 6.07) is -0.820. The van der Waals surface area contributed by atoms with Crippen molar-refractivity contribution in [1.82, 2.24) is 10.2 Å². The number of rotatable bonds is 9. The molecule has 0 radical (unpaired) electrons. The SMILES string of the molecule is CN1CC(=O)NC1=N.C[N+](C)(C)CCO.NC(N)=NCCCC(N)C(=O)O.OCC(O)CO. The molecule has 15 heteroatoms. The molecule has 1 amide bonds. The first-order chi connectivity index (χ1) is 15.1. The molecule has 0 aliphatic carbocycles. The highest BCUT2D eigenvalue weighted by atomic mass is 16.4. The highest BCUT2D eigenvalue weighted by Crippen LogP contribution is 1.94. The molecule has 1 fully saturated rings. The summed E-state index contributed by atoms with van der Waals surface area (Å²) in [4.78, 5) is 25.8. The highest BCUT2D eigenvalue weighted by molar-refractivity contribution is 6.02. The van der Waals surface area contributed by atoms with Crippen molar-refractivity contribution >= 4 is 23.8 Å². The van der Waals surface area contributed by atoms with Crippen LogP contribution in [0.5, 0.6) is 0 Å². The van der Waals surface area contributed by atoms with E-state index in [9.17, 15) is 9.59 Å². The van der Waals surface area contributed by atoms with Crippen LogP contribution < -0.4 is 22.5 Å². The van der Waals surface area contributed by atoms with Gasteiger partial charge in [0, 0.05) is 13.6 Å². The minimum Gasteiger partial charge on any atom is -0.480 e. The molecule has 1 aliphatic heterocycles. The number of aliphatic imine (C=N–C) groups is 1. The number of carboxylic acids is 1. The van der Waals surface area contributed by atoms with E-state index in [-0.39, 0.29) is 37.6 Å². The van der Waals surface area contributed by atoms with E-state index in [1.807, 2.05) is 0 Å². The Kier molecular flexibility index (Phi) is 21.3. The van der Waals surface area contributed by atoms with Crippen molar-refractivity contribution in [1.29, 1.82) is 5.41 Å². The molecule has 0 aromatic heterocycles. The van der Waals surface area contributed by atoms with Crippen molar-refractivity contribution in [2.45, 2.75) is 25.0 Å². The number of aliphatic hydroxyl groups is 4. The fraction of sp³-hybridized carbons (Fsp3) is 0.778. The molecule has 196 valence electrons. The first kappa shape index (κ1) is 35.0. The van der Waals surface area contributed by atoms with Gasteiger partial charge in [0.05, 0.1) is 47.5 Å². The maximum atomic E-state index is 10.4. The zero-order valence-corrected chi connectivity index (χ0v) is 19.9. The molecular weight excluding hydrogens is 440 g/mol. The third-order valence-electron chi connectivity index (χ3n) is 3.50. The fourth-order valence-electron chi connectivity index (χ4n) is 1.56. The van der Waals surface area contributed by atoms with Crippen LogP contribution in [-0.4, -0.2) is 139 Å². The Morgan fingerprint density at radius 1 is 1.24 bits per heavy atom. The van der Waals surface area contributed by atoms with Gasteiger partial charge in [0.1, 0.15) is 18.7 Å². The molecule has 1 atom stereocenters. The Labute approximate surface area is 194 Å². The van der Waals surface area contributed by atoms with Gasteiger partial charge >= 0.3 is 5.97 Å². The fourth-order valence-corrected chi connectivity index (χ4v) is 1.56. The van der Waals surface area contributed by atoms with Gasteiger partial charge < -0.3 is 52.1 Å². The standard InChI is InChI=1S/C6H14N4O2.C5H14NO.C4H7N3O.C3H8O3/c7-4(5(11)12)2-1-3-10-6(8)9;1-6(2,3)4-5-7;1-7-2-3(8)6-4(7)5;4-1-3(6)2-5/h4H,1-3,7H2,(H,11,12)(H4,8,9,10);7H,4-5H2,1-3H3;2H2,1H3,(H2,5,6,8);3-6H,1-2H2/q;+1;;. The number of guanidine groups is 2. The van der Waals surface area contributed by atoms with Crippen molar-refractivity contribution in [3.63, 3.8) is 0 Å². The van der Waals surface area contributed by atoms with Crippen molar-refractivity contribution < 1.29 is 39.6 Å². The summed E-state index contributed by atoms with van der Waals surface area (Å²) in [5.74, 6) is -0.897. The van der Waals surface area contributed by atoms with Crippen LogP contribution in [0.25, 0.3) is 0 Å². The number of nitrogens with zero attached hydrogens (tertiary/aromatic N) is 3. The smallest absolute Gasteiger partial charge is 0.320 e. The average molecular weight is 484 g/mol. The number of carboxylic acid groups (broad SMARTS) is 1. The number of likely N-dealkylation sites (N-methyl/N-ethyl adjacent to an activating group) is 2. The third kappa shape index (κ3) is 27.4. The Morgan fingerprint density at radius 3 is 1.94 bits per heavy atom. The van der Waals surface area contributed by atoms with E-state index in [1.54, 1.807) is 11.9 Å². The summed E-state index contributed by atoms with van der Waals surface area (Å²) >= 11 is 0. The van der Waals surface area contributed by atoms with E-state index < -0.39 is 18.1 Å². The molecule has 15 nitrogen and oxygen atoms in total. The van der Waals surface area contributed by atoms with Gasteiger partial charge in [-0.05, 0) is 12.8 Å². The maximum absolute atomic E-state index is 10.4. The van der Waals surface area contributed by atoms with Crippen molar-refractivity contribution in [3.05, 3.63) is 0 Å². The number of aliphatic carboxylic acids is 1. The number of hydrogen-bond donors (Lipinski definition) is 10. The second-order valence-electron chi connectivity index (χ2n) is 7.90. The van der Waals surface area contributed by atoms with Crippen LogP contribution in [0.2, 0.25) is 0 Å². The van der Waals surface area contributed by atoms with Crippen LogP contribution >= 0.6 is 0 Å². The predicted octanol–water partition coefficient (Wildman–Crippen LogP) is -4.55. The number of nitrogens with two attached hydrogens (primary N) is 3. The Hall–Kier alpha value is -2.56. The van der Waals surface area contributed by atoms with E-state index in [2.05, 4.69) is 31.5 Å². The molecular formula is C18H43N8O7+. The topological polar surface area (TPSA) is 265 Å². The number of carbonyl (C=O) groups is 2. The van der Waals surface area contributed by atoms with Gasteiger partial charge in [0.2, 0.25) is 5.91 Å². The van der Waals surface area contributed by atoms with Crippen LogP contribution in [0, 0.1) is 5.41 Å². The largest absolute Gasteiger partial charge is 0.480 e. The molecule has 0 spiro atoms. The minimum atomic E-state index is -1.00. The summed E-state index contributed by atoms with van der Waals surface area (Å²) in [7, 11) is 7.85. The molecule has 1 rings (SSSR count). The zero-order chi connectivity index (χ0) is 26.6. The monoisotopic (exact) mass is 483 g/mol.